The maximum Gasteiger partial charge on any atom is 0.265 e. The van der Waals surface area contributed by atoms with Crippen molar-refractivity contribution in [3.05, 3.63) is 53.3 Å². The number of hydrogen-bond donors (Lipinski definition) is 2. The number of hydrogen-bond acceptors (Lipinski definition) is 4. The zero-order valence-electron chi connectivity index (χ0n) is 10.3. The van der Waals surface area contributed by atoms with E-state index in [-0.39, 0.29) is 11.7 Å². The monoisotopic (exact) mass is 287 g/mol. The number of thiophene rings is 1. The third-order valence-electron chi connectivity index (χ3n) is 2.75. The van der Waals surface area contributed by atoms with Crippen LogP contribution in [0.3, 0.4) is 0 Å². The molecule has 2 heterocycles. The van der Waals surface area contributed by atoms with Crippen molar-refractivity contribution >= 4 is 38.8 Å². The predicted molar refractivity (Wildman–Crippen MR) is 78.4 cm³/mol. The van der Waals surface area contributed by atoms with Gasteiger partial charge >= 0.3 is 0 Å². The van der Waals surface area contributed by atoms with E-state index in [1.54, 1.807) is 24.3 Å². The lowest BCUT2D eigenvalue weighted by molar-refractivity contribution is 0.103. The van der Waals surface area contributed by atoms with E-state index in [2.05, 4.69) is 10.3 Å². The van der Waals surface area contributed by atoms with Crippen LogP contribution < -0.4 is 11.1 Å². The topological polar surface area (TPSA) is 68.0 Å². The first-order chi connectivity index (χ1) is 9.61. The molecular weight excluding hydrogens is 277 g/mol. The second kappa shape index (κ2) is 4.90. The molecule has 0 saturated heterocycles. The summed E-state index contributed by atoms with van der Waals surface area (Å²) in [5, 5.41) is 3.57. The fourth-order valence-corrected chi connectivity index (χ4v) is 2.77. The van der Waals surface area contributed by atoms with Crippen LogP contribution in [0, 0.1) is 5.82 Å². The smallest absolute Gasteiger partial charge is 0.265 e. The van der Waals surface area contributed by atoms with Crippen LogP contribution in [0.1, 0.15) is 9.67 Å². The molecule has 0 aliphatic carbocycles. The number of nitrogen functional groups attached to an aromatic ring is 1. The van der Waals surface area contributed by atoms with Gasteiger partial charge in [0.15, 0.2) is 0 Å². The minimum Gasteiger partial charge on any atom is -0.384 e. The fraction of sp³-hybridized carbons (Fsp3) is 0. The molecule has 3 N–H and O–H groups in total. The molecule has 20 heavy (non-hydrogen) atoms. The van der Waals surface area contributed by atoms with Crippen LogP contribution in [0.2, 0.25) is 0 Å². The predicted octanol–water partition coefficient (Wildman–Crippen LogP) is 3.27. The quantitative estimate of drug-likeness (QED) is 0.760. The van der Waals surface area contributed by atoms with Gasteiger partial charge in [-0.15, -0.1) is 11.3 Å². The van der Waals surface area contributed by atoms with Crippen LogP contribution in [0.25, 0.3) is 10.1 Å². The average molecular weight is 287 g/mol. The number of benzene rings is 1. The van der Waals surface area contributed by atoms with Crippen LogP contribution in [0.15, 0.2) is 42.6 Å². The van der Waals surface area contributed by atoms with E-state index in [1.165, 1.54) is 29.7 Å². The summed E-state index contributed by atoms with van der Waals surface area (Å²) in [5.74, 6) is -0.174. The second-order valence-electron chi connectivity index (χ2n) is 4.22. The highest BCUT2D eigenvalue weighted by Gasteiger charge is 2.11. The SMILES string of the molecule is Nc1ccc(NC(=O)c2cc3ccc(F)cc3s2)cn1. The van der Waals surface area contributed by atoms with E-state index in [9.17, 15) is 9.18 Å². The third kappa shape index (κ3) is 2.46. The van der Waals surface area contributed by atoms with Gasteiger partial charge in [0.1, 0.15) is 11.6 Å². The van der Waals surface area contributed by atoms with Crippen molar-refractivity contribution in [3.63, 3.8) is 0 Å². The number of fused-ring (bicyclic) bond motifs is 1. The normalized spacial score (nSPS) is 10.7. The molecule has 1 aromatic carbocycles. The highest BCUT2D eigenvalue weighted by molar-refractivity contribution is 7.20. The molecule has 4 nitrogen and oxygen atoms in total. The van der Waals surface area contributed by atoms with E-state index in [0.717, 1.165) is 10.1 Å². The van der Waals surface area contributed by atoms with Crippen molar-refractivity contribution in [3.8, 4) is 0 Å². The molecule has 6 heteroatoms. The van der Waals surface area contributed by atoms with E-state index in [4.69, 9.17) is 5.73 Å². The third-order valence-corrected chi connectivity index (χ3v) is 3.85. The molecule has 2 aromatic heterocycles. The van der Waals surface area contributed by atoms with Gasteiger partial charge in [0, 0.05) is 4.70 Å². The Balaban J connectivity index is 1.86. The fourth-order valence-electron chi connectivity index (χ4n) is 1.79. The van der Waals surface area contributed by atoms with Crippen molar-refractivity contribution in [1.82, 2.24) is 4.98 Å². The van der Waals surface area contributed by atoms with E-state index in [1.807, 2.05) is 0 Å². The van der Waals surface area contributed by atoms with Gasteiger partial charge in [-0.25, -0.2) is 9.37 Å². The summed E-state index contributed by atoms with van der Waals surface area (Å²) >= 11 is 1.24. The first-order valence-corrected chi connectivity index (χ1v) is 6.65. The molecule has 0 fully saturated rings. The number of rotatable bonds is 2. The summed E-state index contributed by atoms with van der Waals surface area (Å²) in [6.45, 7) is 0. The number of aromatic nitrogens is 1. The molecule has 0 aliphatic rings. The van der Waals surface area contributed by atoms with Crippen molar-refractivity contribution < 1.29 is 9.18 Å². The average Bonchev–Trinajstić information content (AvgIpc) is 2.84. The number of pyridine rings is 1. The molecule has 0 radical (unpaired) electrons. The van der Waals surface area contributed by atoms with Crippen molar-refractivity contribution in [1.29, 1.82) is 0 Å². The summed E-state index contributed by atoms with van der Waals surface area (Å²) in [7, 11) is 0. The van der Waals surface area contributed by atoms with Gasteiger partial charge in [-0.3, -0.25) is 4.79 Å². The van der Waals surface area contributed by atoms with Gasteiger partial charge in [-0.05, 0) is 35.7 Å². The summed E-state index contributed by atoms with van der Waals surface area (Å²) < 4.78 is 13.9. The van der Waals surface area contributed by atoms with E-state index < -0.39 is 0 Å². The maximum absolute atomic E-state index is 13.1. The Labute approximate surface area is 118 Å². The summed E-state index contributed by atoms with van der Waals surface area (Å²) in [5.41, 5.74) is 6.04. The highest BCUT2D eigenvalue weighted by atomic mass is 32.1. The minimum atomic E-state index is -0.311. The van der Waals surface area contributed by atoms with Gasteiger partial charge < -0.3 is 11.1 Å². The number of amides is 1. The molecule has 0 saturated carbocycles. The standard InChI is InChI=1S/C14H10FN3OS/c15-9-2-1-8-5-12(20-11(8)6-9)14(19)18-10-3-4-13(16)17-7-10/h1-7H,(H2,16,17)(H,18,19). The van der Waals surface area contributed by atoms with Gasteiger partial charge in [0.05, 0.1) is 16.8 Å². The summed E-state index contributed by atoms with van der Waals surface area (Å²) in [6.07, 6.45) is 1.49. The zero-order valence-corrected chi connectivity index (χ0v) is 11.1. The number of anilines is 2. The lowest BCUT2D eigenvalue weighted by atomic mass is 10.2. The van der Waals surface area contributed by atoms with Crippen molar-refractivity contribution in [2.75, 3.05) is 11.1 Å². The number of carbonyl (C=O) groups is 1. The number of halogens is 1. The minimum absolute atomic E-state index is 0.252. The maximum atomic E-state index is 13.1. The molecule has 0 bridgehead atoms. The molecule has 0 unspecified atom stereocenters. The Bertz CT molecular complexity index is 783. The second-order valence-corrected chi connectivity index (χ2v) is 5.30. The van der Waals surface area contributed by atoms with Crippen molar-refractivity contribution in [2.24, 2.45) is 0 Å². The number of carbonyl (C=O) groups excluding carboxylic acids is 1. The van der Waals surface area contributed by atoms with Crippen LogP contribution in [-0.4, -0.2) is 10.9 Å². The van der Waals surface area contributed by atoms with E-state index >= 15 is 0 Å². The molecule has 1 amide bonds. The Kier molecular flexibility index (Phi) is 3.08. The number of nitrogens with two attached hydrogens (primary N) is 1. The Morgan fingerprint density at radius 3 is 2.85 bits per heavy atom. The molecule has 3 aromatic rings. The van der Waals surface area contributed by atoms with Crippen LogP contribution in [-0.2, 0) is 0 Å². The number of nitrogens with one attached hydrogen (secondary N) is 1. The lowest BCUT2D eigenvalue weighted by Gasteiger charge is -2.02. The first kappa shape index (κ1) is 12.6. The molecule has 100 valence electrons. The molecular formula is C14H10FN3OS. The van der Waals surface area contributed by atoms with Crippen LogP contribution >= 0.6 is 11.3 Å². The molecule has 0 atom stereocenters. The first-order valence-electron chi connectivity index (χ1n) is 5.84. The largest absolute Gasteiger partial charge is 0.384 e. The van der Waals surface area contributed by atoms with Crippen LogP contribution in [0.5, 0.6) is 0 Å². The Morgan fingerprint density at radius 1 is 1.25 bits per heavy atom. The molecule has 0 spiro atoms. The van der Waals surface area contributed by atoms with Crippen molar-refractivity contribution in [2.45, 2.75) is 0 Å². The number of nitrogens with zero attached hydrogens (tertiary/aromatic N) is 1. The van der Waals surface area contributed by atoms with Crippen LogP contribution in [0.4, 0.5) is 15.9 Å². The van der Waals surface area contributed by atoms with Gasteiger partial charge in [-0.2, -0.15) is 0 Å². The lowest BCUT2D eigenvalue weighted by Crippen LogP contribution is -2.10. The zero-order chi connectivity index (χ0) is 14.1. The van der Waals surface area contributed by atoms with Gasteiger partial charge in [0.25, 0.3) is 5.91 Å². The Morgan fingerprint density at radius 2 is 2.10 bits per heavy atom. The molecule has 3 rings (SSSR count). The Hall–Kier alpha value is -2.47. The van der Waals surface area contributed by atoms with Gasteiger partial charge in [0.2, 0.25) is 0 Å². The summed E-state index contributed by atoms with van der Waals surface area (Å²) in [4.78, 5) is 16.5. The van der Waals surface area contributed by atoms with E-state index in [0.29, 0.717) is 16.4 Å². The van der Waals surface area contributed by atoms with Gasteiger partial charge in [-0.1, -0.05) is 6.07 Å². The summed E-state index contributed by atoms with van der Waals surface area (Å²) in [6, 6.07) is 9.47. The molecule has 0 aliphatic heterocycles. The highest BCUT2D eigenvalue weighted by Crippen LogP contribution is 2.27.